The highest BCUT2D eigenvalue weighted by molar-refractivity contribution is 4.76. The maximum absolute atomic E-state index is 10.2. The quantitative estimate of drug-likeness (QED) is 0.691. The molecule has 0 aliphatic heterocycles. The Morgan fingerprint density at radius 3 is 2.17 bits per heavy atom. The van der Waals surface area contributed by atoms with Gasteiger partial charge in [0.05, 0.1) is 12.2 Å². The normalized spacial score (nSPS) is 22.7. The van der Waals surface area contributed by atoms with Crippen molar-refractivity contribution >= 4 is 0 Å². The molecule has 0 amide bonds. The van der Waals surface area contributed by atoms with E-state index in [1.807, 2.05) is 0 Å². The third-order valence-corrected chi connectivity index (χ3v) is 4.68. The minimum absolute atomic E-state index is 0.181. The molecule has 2 N–H and O–H groups in total. The first-order chi connectivity index (χ1) is 8.69. The fourth-order valence-corrected chi connectivity index (χ4v) is 3.37. The Kier molecular flexibility index (Phi) is 7.92. The van der Waals surface area contributed by atoms with Gasteiger partial charge in [0.2, 0.25) is 0 Å². The van der Waals surface area contributed by atoms with Crippen LogP contribution in [0.2, 0.25) is 0 Å². The smallest absolute Gasteiger partial charge is 0.0569 e. The number of hydrogen-bond donors (Lipinski definition) is 2. The lowest BCUT2D eigenvalue weighted by molar-refractivity contribution is 0.0392. The van der Waals surface area contributed by atoms with Crippen LogP contribution in [0.1, 0.15) is 78.1 Å². The lowest BCUT2D eigenvalue weighted by Gasteiger charge is -2.28. The topological polar surface area (TPSA) is 40.5 Å². The molecule has 0 saturated heterocycles. The highest BCUT2D eigenvalue weighted by atomic mass is 16.3. The van der Waals surface area contributed by atoms with Gasteiger partial charge in [0, 0.05) is 0 Å². The first-order valence-corrected chi connectivity index (χ1v) is 8.05. The Labute approximate surface area is 113 Å². The average Bonchev–Trinajstić information content (AvgIpc) is 2.42. The van der Waals surface area contributed by atoms with Gasteiger partial charge in [-0.15, -0.1) is 0 Å². The zero-order valence-electron chi connectivity index (χ0n) is 12.3. The summed E-state index contributed by atoms with van der Waals surface area (Å²) in [5, 5.41) is 20.4. The molecule has 1 aliphatic rings. The van der Waals surface area contributed by atoms with E-state index in [0.29, 0.717) is 11.8 Å². The molecular weight excluding hydrogens is 224 g/mol. The van der Waals surface area contributed by atoms with Crippen LogP contribution in [-0.4, -0.2) is 22.4 Å². The summed E-state index contributed by atoms with van der Waals surface area (Å²) >= 11 is 0. The van der Waals surface area contributed by atoms with E-state index < -0.39 is 0 Å². The van der Waals surface area contributed by atoms with E-state index in [2.05, 4.69) is 13.8 Å². The van der Waals surface area contributed by atoms with Crippen LogP contribution in [0.25, 0.3) is 0 Å². The average molecular weight is 256 g/mol. The fourth-order valence-electron chi connectivity index (χ4n) is 3.37. The summed E-state index contributed by atoms with van der Waals surface area (Å²) in [5.41, 5.74) is 0. The lowest BCUT2D eigenvalue weighted by Crippen LogP contribution is -2.26. The molecule has 1 saturated carbocycles. The summed E-state index contributed by atoms with van der Waals surface area (Å²) in [6, 6.07) is 0. The van der Waals surface area contributed by atoms with E-state index in [4.69, 9.17) is 0 Å². The van der Waals surface area contributed by atoms with E-state index in [-0.39, 0.29) is 12.2 Å². The molecule has 0 spiro atoms. The maximum atomic E-state index is 10.2. The standard InChI is InChI=1S/C16H32O2/c1-3-8-13(4-2)15(17)11-12-16(18)14-9-6-5-7-10-14/h13-18H,3-12H2,1-2H3/t13?,15-,16?/m0/s1. The van der Waals surface area contributed by atoms with Crippen LogP contribution in [0.3, 0.4) is 0 Å². The third kappa shape index (κ3) is 5.27. The van der Waals surface area contributed by atoms with Crippen molar-refractivity contribution in [1.29, 1.82) is 0 Å². The first-order valence-electron chi connectivity index (χ1n) is 8.05. The Balaban J connectivity index is 2.25. The monoisotopic (exact) mass is 256 g/mol. The molecule has 3 atom stereocenters. The Morgan fingerprint density at radius 1 is 0.944 bits per heavy atom. The first kappa shape index (κ1) is 16.0. The minimum atomic E-state index is -0.215. The fraction of sp³-hybridized carbons (Fsp3) is 1.00. The molecule has 18 heavy (non-hydrogen) atoms. The number of rotatable bonds is 8. The van der Waals surface area contributed by atoms with Crippen molar-refractivity contribution < 1.29 is 10.2 Å². The van der Waals surface area contributed by atoms with Crippen molar-refractivity contribution in [3.63, 3.8) is 0 Å². The molecule has 1 rings (SSSR count). The second-order valence-electron chi connectivity index (χ2n) is 6.07. The zero-order chi connectivity index (χ0) is 13.4. The Bertz CT molecular complexity index is 189. The summed E-state index contributed by atoms with van der Waals surface area (Å²) in [5.74, 6) is 0.922. The van der Waals surface area contributed by atoms with Gasteiger partial charge in [-0.25, -0.2) is 0 Å². The van der Waals surface area contributed by atoms with Gasteiger partial charge < -0.3 is 10.2 Å². The van der Waals surface area contributed by atoms with Crippen LogP contribution in [-0.2, 0) is 0 Å². The van der Waals surface area contributed by atoms with Gasteiger partial charge in [0.25, 0.3) is 0 Å². The highest BCUT2D eigenvalue weighted by Crippen LogP contribution is 2.29. The van der Waals surface area contributed by atoms with Gasteiger partial charge >= 0.3 is 0 Å². The molecule has 0 aromatic rings. The van der Waals surface area contributed by atoms with Crippen LogP contribution < -0.4 is 0 Å². The minimum Gasteiger partial charge on any atom is -0.393 e. The molecule has 1 fully saturated rings. The van der Waals surface area contributed by atoms with Crippen molar-refractivity contribution in [3.8, 4) is 0 Å². The summed E-state index contributed by atoms with van der Waals surface area (Å²) in [6.45, 7) is 4.33. The summed E-state index contributed by atoms with van der Waals surface area (Å²) in [6.07, 6.45) is 10.7. The highest BCUT2D eigenvalue weighted by Gasteiger charge is 2.23. The van der Waals surface area contributed by atoms with Crippen LogP contribution in [0.5, 0.6) is 0 Å². The van der Waals surface area contributed by atoms with Gasteiger partial charge in [-0.05, 0) is 43.9 Å². The van der Waals surface area contributed by atoms with Crippen molar-refractivity contribution in [2.75, 3.05) is 0 Å². The SMILES string of the molecule is CCCC(CC)[C@@H](O)CCC(O)C1CCCCC1. The molecule has 0 radical (unpaired) electrons. The van der Waals surface area contributed by atoms with Gasteiger partial charge in [0.15, 0.2) is 0 Å². The van der Waals surface area contributed by atoms with Gasteiger partial charge in [-0.1, -0.05) is 46.0 Å². The molecule has 0 bridgehead atoms. The molecule has 2 heteroatoms. The Morgan fingerprint density at radius 2 is 1.61 bits per heavy atom. The van der Waals surface area contributed by atoms with E-state index in [9.17, 15) is 10.2 Å². The molecule has 0 aromatic heterocycles. The van der Waals surface area contributed by atoms with Crippen LogP contribution >= 0.6 is 0 Å². The second kappa shape index (κ2) is 8.92. The molecule has 0 heterocycles. The van der Waals surface area contributed by atoms with E-state index in [1.54, 1.807) is 0 Å². The second-order valence-corrected chi connectivity index (χ2v) is 6.07. The predicted octanol–water partition coefficient (Wildman–Crippen LogP) is 3.90. The number of hydrogen-bond acceptors (Lipinski definition) is 2. The summed E-state index contributed by atoms with van der Waals surface area (Å²) < 4.78 is 0. The van der Waals surface area contributed by atoms with E-state index in [1.165, 1.54) is 32.1 Å². The van der Waals surface area contributed by atoms with Crippen molar-refractivity contribution in [2.24, 2.45) is 11.8 Å². The molecule has 108 valence electrons. The van der Waals surface area contributed by atoms with Crippen LogP contribution in [0.4, 0.5) is 0 Å². The molecule has 1 aliphatic carbocycles. The molecule has 0 aromatic carbocycles. The van der Waals surface area contributed by atoms with Crippen molar-refractivity contribution in [3.05, 3.63) is 0 Å². The predicted molar refractivity (Wildman–Crippen MR) is 76.5 cm³/mol. The number of aliphatic hydroxyl groups is 2. The molecular formula is C16H32O2. The summed E-state index contributed by atoms with van der Waals surface area (Å²) in [7, 11) is 0. The lowest BCUT2D eigenvalue weighted by atomic mass is 9.82. The van der Waals surface area contributed by atoms with Crippen LogP contribution in [0.15, 0.2) is 0 Å². The van der Waals surface area contributed by atoms with Gasteiger partial charge in [0.1, 0.15) is 0 Å². The van der Waals surface area contributed by atoms with Crippen molar-refractivity contribution in [2.45, 2.75) is 90.3 Å². The molecule has 2 unspecified atom stereocenters. The van der Waals surface area contributed by atoms with E-state index in [0.717, 1.165) is 32.1 Å². The molecule has 2 nitrogen and oxygen atoms in total. The zero-order valence-corrected chi connectivity index (χ0v) is 12.3. The van der Waals surface area contributed by atoms with Crippen LogP contribution in [0, 0.1) is 11.8 Å². The largest absolute Gasteiger partial charge is 0.393 e. The summed E-state index contributed by atoms with van der Waals surface area (Å²) in [4.78, 5) is 0. The van der Waals surface area contributed by atoms with Gasteiger partial charge in [-0.2, -0.15) is 0 Å². The van der Waals surface area contributed by atoms with Gasteiger partial charge in [-0.3, -0.25) is 0 Å². The third-order valence-electron chi connectivity index (χ3n) is 4.68. The van der Waals surface area contributed by atoms with E-state index >= 15 is 0 Å². The van der Waals surface area contributed by atoms with Crippen molar-refractivity contribution in [1.82, 2.24) is 0 Å². The number of aliphatic hydroxyl groups excluding tert-OH is 2. The maximum Gasteiger partial charge on any atom is 0.0569 e. The Hall–Kier alpha value is -0.0800.